The summed E-state index contributed by atoms with van der Waals surface area (Å²) in [4.78, 5) is 9.87. The summed E-state index contributed by atoms with van der Waals surface area (Å²) in [5.41, 5.74) is 1.96. The van der Waals surface area contributed by atoms with Crippen molar-refractivity contribution >= 4 is 7.14 Å². The van der Waals surface area contributed by atoms with Crippen LogP contribution in [0, 0.1) is 0 Å². The van der Waals surface area contributed by atoms with Gasteiger partial charge in [-0.15, -0.1) is 0 Å². The lowest BCUT2D eigenvalue weighted by Gasteiger charge is -2.41. The Morgan fingerprint density at radius 1 is 0.553 bits per heavy atom. The first-order valence-electron chi connectivity index (χ1n) is 16.1. The summed E-state index contributed by atoms with van der Waals surface area (Å²) in [6.07, 6.45) is 27.0. The molecule has 0 spiro atoms. The second-order valence-corrected chi connectivity index (χ2v) is 14.8. The van der Waals surface area contributed by atoms with Gasteiger partial charge in [0.05, 0.1) is 11.4 Å². The number of unbranched alkanes of at least 4 members (excludes halogenated alkanes) is 14. The third-order valence-corrected chi connectivity index (χ3v) is 12.4. The van der Waals surface area contributed by atoms with E-state index in [1.807, 2.05) is 24.5 Å². The topological polar surface area (TPSA) is 42.9 Å². The normalized spacial score (nSPS) is 12.2. The lowest BCUT2D eigenvalue weighted by atomic mass is 9.91. The smallest absolute Gasteiger partial charge is 0.108 e. The van der Waals surface area contributed by atoms with Gasteiger partial charge in [0.1, 0.15) is 12.3 Å². The molecule has 3 nitrogen and oxygen atoms in total. The molecule has 0 fully saturated rings. The lowest BCUT2D eigenvalue weighted by molar-refractivity contribution is 0.485. The Morgan fingerprint density at radius 2 is 0.947 bits per heavy atom. The molecule has 0 saturated carbocycles. The van der Waals surface area contributed by atoms with Gasteiger partial charge in [-0.25, -0.2) is 0 Å². The minimum absolute atomic E-state index is 0.589. The summed E-state index contributed by atoms with van der Waals surface area (Å²) in [6.45, 7) is 6.80. The van der Waals surface area contributed by atoms with Gasteiger partial charge in [-0.05, 0) is 43.5 Å². The molecule has 0 aliphatic rings. The molecule has 0 aliphatic carbocycles. The van der Waals surface area contributed by atoms with Crippen molar-refractivity contribution in [2.24, 2.45) is 0 Å². The average Bonchev–Trinajstić information content (AvgIpc) is 2.95. The zero-order valence-electron chi connectivity index (χ0n) is 25.0. The Bertz CT molecular complexity index is 811. The first kappa shape index (κ1) is 32.7. The average molecular weight is 541 g/mol. The SMILES string of the molecule is CCCCCCCCP(=O)(CCCCCCCC)C(CCCCCCC)(c1ccccn1)c1ccccn1. The zero-order chi connectivity index (χ0) is 27.4. The third-order valence-electron chi connectivity index (χ3n) is 8.26. The van der Waals surface area contributed by atoms with Crippen molar-refractivity contribution in [3.63, 3.8) is 0 Å². The van der Waals surface area contributed by atoms with E-state index >= 15 is 4.57 Å². The van der Waals surface area contributed by atoms with E-state index in [1.165, 1.54) is 89.9 Å². The molecule has 214 valence electrons. The van der Waals surface area contributed by atoms with E-state index < -0.39 is 12.3 Å². The van der Waals surface area contributed by atoms with Crippen molar-refractivity contribution in [1.29, 1.82) is 0 Å². The highest BCUT2D eigenvalue weighted by molar-refractivity contribution is 7.65. The van der Waals surface area contributed by atoms with Gasteiger partial charge in [0.2, 0.25) is 0 Å². The maximum absolute atomic E-state index is 15.7. The number of aromatic nitrogens is 2. The Balaban J connectivity index is 2.43. The molecule has 0 aromatic carbocycles. The van der Waals surface area contributed by atoms with Crippen LogP contribution in [-0.4, -0.2) is 22.3 Å². The molecule has 2 heterocycles. The summed E-state index contributed by atoms with van der Waals surface area (Å²) in [6, 6.07) is 12.4. The van der Waals surface area contributed by atoms with E-state index in [0.29, 0.717) is 0 Å². The second kappa shape index (κ2) is 19.6. The molecule has 2 rings (SSSR count). The fourth-order valence-electron chi connectivity index (χ4n) is 6.00. The fraction of sp³-hybridized carbons (Fsp3) is 0.706. The van der Waals surface area contributed by atoms with E-state index in [-0.39, 0.29) is 0 Å². The van der Waals surface area contributed by atoms with Crippen molar-refractivity contribution in [2.75, 3.05) is 12.3 Å². The summed E-state index contributed by atoms with van der Waals surface area (Å²) in [7, 11) is -2.70. The van der Waals surface area contributed by atoms with Crippen molar-refractivity contribution in [3.8, 4) is 0 Å². The van der Waals surface area contributed by atoms with Crippen LogP contribution in [0.2, 0.25) is 0 Å². The minimum Gasteiger partial charge on any atom is -0.322 e. The highest BCUT2D eigenvalue weighted by atomic mass is 31.2. The van der Waals surface area contributed by atoms with Gasteiger partial charge in [-0.1, -0.05) is 129 Å². The molecule has 2 aromatic heterocycles. The second-order valence-electron chi connectivity index (χ2n) is 11.3. The number of pyridine rings is 2. The summed E-state index contributed by atoms with van der Waals surface area (Å²) in [5.74, 6) is 0. The van der Waals surface area contributed by atoms with E-state index in [4.69, 9.17) is 9.97 Å². The molecule has 0 aliphatic heterocycles. The molecule has 0 radical (unpaired) electrons. The van der Waals surface area contributed by atoms with E-state index in [1.54, 1.807) is 0 Å². The predicted molar refractivity (Wildman–Crippen MR) is 167 cm³/mol. The van der Waals surface area contributed by atoms with E-state index in [9.17, 15) is 0 Å². The first-order valence-corrected chi connectivity index (χ1v) is 18.1. The summed E-state index contributed by atoms with van der Waals surface area (Å²) >= 11 is 0. The predicted octanol–water partition coefficient (Wildman–Crippen LogP) is 11.2. The van der Waals surface area contributed by atoms with Crippen molar-refractivity contribution in [1.82, 2.24) is 9.97 Å². The maximum atomic E-state index is 15.7. The van der Waals surface area contributed by atoms with Crippen LogP contribution in [0.5, 0.6) is 0 Å². The van der Waals surface area contributed by atoms with Gasteiger partial charge >= 0.3 is 0 Å². The Morgan fingerprint density at radius 3 is 1.34 bits per heavy atom. The highest BCUT2D eigenvalue weighted by Crippen LogP contribution is 2.68. The molecule has 4 heteroatoms. The minimum atomic E-state index is -2.70. The van der Waals surface area contributed by atoms with Crippen LogP contribution in [0.25, 0.3) is 0 Å². The molecular weight excluding hydrogens is 483 g/mol. The maximum Gasteiger partial charge on any atom is 0.108 e. The van der Waals surface area contributed by atoms with Gasteiger partial charge in [-0.3, -0.25) is 9.97 Å². The van der Waals surface area contributed by atoms with Gasteiger partial charge in [-0.2, -0.15) is 0 Å². The molecule has 0 bridgehead atoms. The monoisotopic (exact) mass is 540 g/mol. The van der Waals surface area contributed by atoms with E-state index in [2.05, 4.69) is 45.0 Å². The fourth-order valence-corrected chi connectivity index (χ4v) is 10.1. The molecule has 0 N–H and O–H groups in total. The Hall–Kier alpha value is -1.47. The summed E-state index contributed by atoms with van der Waals surface area (Å²) < 4.78 is 15.7. The third kappa shape index (κ3) is 10.3. The molecular formula is C34H57N2OP. The van der Waals surface area contributed by atoms with Gasteiger partial charge in [0, 0.05) is 24.7 Å². The van der Waals surface area contributed by atoms with Gasteiger partial charge < -0.3 is 4.57 Å². The number of hydrogen-bond acceptors (Lipinski definition) is 3. The van der Waals surface area contributed by atoms with Crippen molar-refractivity contribution in [2.45, 2.75) is 142 Å². The van der Waals surface area contributed by atoms with E-state index in [0.717, 1.165) is 49.4 Å². The van der Waals surface area contributed by atoms with Gasteiger partial charge in [0.15, 0.2) is 0 Å². The van der Waals surface area contributed by atoms with Gasteiger partial charge in [0.25, 0.3) is 0 Å². The quantitative estimate of drug-likeness (QED) is 0.104. The molecule has 2 aromatic rings. The Kier molecular flexibility index (Phi) is 16.9. The van der Waals surface area contributed by atoms with Crippen LogP contribution < -0.4 is 0 Å². The first-order chi connectivity index (χ1) is 18.6. The zero-order valence-corrected chi connectivity index (χ0v) is 25.9. The molecule has 0 unspecified atom stereocenters. The molecule has 38 heavy (non-hydrogen) atoms. The van der Waals surface area contributed by atoms with Crippen LogP contribution >= 0.6 is 7.14 Å². The van der Waals surface area contributed by atoms with Crippen LogP contribution in [0.4, 0.5) is 0 Å². The van der Waals surface area contributed by atoms with Crippen molar-refractivity contribution in [3.05, 3.63) is 60.2 Å². The highest BCUT2D eigenvalue weighted by Gasteiger charge is 2.51. The number of rotatable bonds is 23. The number of hydrogen-bond donors (Lipinski definition) is 0. The van der Waals surface area contributed by atoms with Crippen molar-refractivity contribution < 1.29 is 4.57 Å². The molecule has 0 atom stereocenters. The van der Waals surface area contributed by atoms with Crippen LogP contribution in [-0.2, 0) is 9.72 Å². The molecule has 0 saturated heterocycles. The lowest BCUT2D eigenvalue weighted by Crippen LogP contribution is -2.33. The standard InChI is InChI=1S/C34H57N2OP/c1-4-7-10-13-16-23-30-38(37,31-24-17-14-11-8-5-2)34(27-20-15-12-9-6-3,32-25-18-21-28-35-32)33-26-19-22-29-36-33/h18-19,21-22,25-26,28-29H,4-17,20,23-24,27,30-31H2,1-3H3. The van der Waals surface area contributed by atoms with Crippen LogP contribution in [0.1, 0.15) is 148 Å². The number of nitrogens with zero attached hydrogens (tertiary/aromatic N) is 2. The van der Waals surface area contributed by atoms with Crippen LogP contribution in [0.3, 0.4) is 0 Å². The largest absolute Gasteiger partial charge is 0.322 e. The Labute approximate surface area is 235 Å². The molecule has 0 amide bonds. The summed E-state index contributed by atoms with van der Waals surface area (Å²) in [5, 5.41) is -0.589. The van der Waals surface area contributed by atoms with Crippen LogP contribution in [0.15, 0.2) is 48.8 Å².